The van der Waals surface area contributed by atoms with Gasteiger partial charge in [-0.2, -0.15) is 0 Å². The standard InChI is InChI=1S/C31H27N3O4/c35-30-17-23(19-34(30)24-11-13-28-29(18-24)38-20-37-28)31-32-26-8-3-4-9-27(26)33(31)14-5-15-36-25-12-10-21-6-1-2-7-22(21)16-25/h1-4,6-13,16,18,23H,5,14-15,17,19-20H2. The van der Waals surface area contributed by atoms with E-state index in [0.29, 0.717) is 31.1 Å². The van der Waals surface area contributed by atoms with E-state index in [-0.39, 0.29) is 18.6 Å². The summed E-state index contributed by atoms with van der Waals surface area (Å²) in [5.74, 6) is 3.31. The molecule has 38 heavy (non-hydrogen) atoms. The van der Waals surface area contributed by atoms with Crippen LogP contribution in [0.25, 0.3) is 21.8 Å². The Morgan fingerprint density at radius 1 is 0.895 bits per heavy atom. The minimum absolute atomic E-state index is 0.00160. The minimum atomic E-state index is 0.00160. The molecule has 7 rings (SSSR count). The van der Waals surface area contributed by atoms with Gasteiger partial charge in [0, 0.05) is 37.2 Å². The smallest absolute Gasteiger partial charge is 0.231 e. The molecular weight excluding hydrogens is 478 g/mol. The minimum Gasteiger partial charge on any atom is -0.494 e. The molecule has 3 heterocycles. The molecule has 2 aliphatic heterocycles. The first-order chi connectivity index (χ1) is 18.7. The van der Waals surface area contributed by atoms with Crippen molar-refractivity contribution in [2.24, 2.45) is 0 Å². The van der Waals surface area contributed by atoms with Crippen LogP contribution in [-0.4, -0.2) is 35.4 Å². The van der Waals surface area contributed by atoms with Gasteiger partial charge in [0.25, 0.3) is 0 Å². The fourth-order valence-corrected chi connectivity index (χ4v) is 5.49. The number of rotatable bonds is 7. The zero-order chi connectivity index (χ0) is 25.5. The lowest BCUT2D eigenvalue weighted by Gasteiger charge is -2.18. The number of hydrogen-bond acceptors (Lipinski definition) is 5. The van der Waals surface area contributed by atoms with E-state index in [0.717, 1.165) is 41.3 Å². The molecule has 0 bridgehead atoms. The van der Waals surface area contributed by atoms with Crippen LogP contribution >= 0.6 is 0 Å². The van der Waals surface area contributed by atoms with Crippen LogP contribution in [0.15, 0.2) is 84.9 Å². The number of nitrogens with zero attached hydrogens (tertiary/aromatic N) is 3. The molecule has 0 saturated carbocycles. The van der Waals surface area contributed by atoms with Crippen molar-refractivity contribution in [2.75, 3.05) is 24.8 Å². The average molecular weight is 506 g/mol. The predicted octanol–water partition coefficient (Wildman–Crippen LogP) is 5.91. The van der Waals surface area contributed by atoms with E-state index in [9.17, 15) is 4.79 Å². The summed E-state index contributed by atoms with van der Waals surface area (Å²) in [5, 5.41) is 2.38. The van der Waals surface area contributed by atoms with Gasteiger partial charge in [-0.3, -0.25) is 4.79 Å². The lowest BCUT2D eigenvalue weighted by atomic mass is 10.1. The van der Waals surface area contributed by atoms with Gasteiger partial charge in [0.2, 0.25) is 12.7 Å². The summed E-state index contributed by atoms with van der Waals surface area (Å²) in [5.41, 5.74) is 2.86. The maximum Gasteiger partial charge on any atom is 0.231 e. The maximum absolute atomic E-state index is 13.1. The Hall–Kier alpha value is -4.52. The second kappa shape index (κ2) is 9.41. The summed E-state index contributed by atoms with van der Waals surface area (Å²) in [6.45, 7) is 2.15. The highest BCUT2D eigenvalue weighted by Gasteiger charge is 2.35. The summed E-state index contributed by atoms with van der Waals surface area (Å²) < 4.78 is 19.3. The number of para-hydroxylation sites is 2. The Balaban J connectivity index is 1.09. The Kier molecular flexibility index (Phi) is 5.61. The molecule has 1 atom stereocenters. The van der Waals surface area contributed by atoms with E-state index >= 15 is 0 Å². The Morgan fingerprint density at radius 2 is 1.74 bits per heavy atom. The van der Waals surface area contributed by atoms with Crippen molar-refractivity contribution in [3.05, 3.63) is 90.8 Å². The van der Waals surface area contributed by atoms with Gasteiger partial charge < -0.3 is 23.7 Å². The first-order valence-corrected chi connectivity index (χ1v) is 13.0. The third-order valence-electron chi connectivity index (χ3n) is 7.36. The van der Waals surface area contributed by atoms with Gasteiger partial charge in [-0.05, 0) is 53.6 Å². The lowest BCUT2D eigenvalue weighted by molar-refractivity contribution is -0.117. The van der Waals surface area contributed by atoms with Gasteiger partial charge in [0.05, 0.1) is 17.6 Å². The highest BCUT2D eigenvalue weighted by atomic mass is 16.7. The maximum atomic E-state index is 13.1. The number of anilines is 1. The number of hydrogen-bond donors (Lipinski definition) is 0. The Labute approximate surface area is 220 Å². The molecule has 0 aliphatic carbocycles. The van der Waals surface area contributed by atoms with Crippen molar-refractivity contribution in [3.8, 4) is 17.2 Å². The topological polar surface area (TPSA) is 65.8 Å². The average Bonchev–Trinajstić information content (AvgIpc) is 3.67. The molecule has 1 saturated heterocycles. The molecule has 2 aliphatic rings. The molecule has 1 fully saturated rings. The van der Waals surface area contributed by atoms with Crippen LogP contribution < -0.4 is 19.1 Å². The second-order valence-corrected chi connectivity index (χ2v) is 9.76. The van der Waals surface area contributed by atoms with Crippen molar-refractivity contribution in [1.29, 1.82) is 0 Å². The second-order valence-electron chi connectivity index (χ2n) is 9.76. The van der Waals surface area contributed by atoms with Gasteiger partial charge in [-0.1, -0.05) is 42.5 Å². The molecule has 1 aromatic heterocycles. The van der Waals surface area contributed by atoms with Crippen LogP contribution in [0.1, 0.15) is 24.6 Å². The predicted molar refractivity (Wildman–Crippen MR) is 146 cm³/mol. The van der Waals surface area contributed by atoms with Crippen LogP contribution in [0.2, 0.25) is 0 Å². The highest BCUT2D eigenvalue weighted by Crippen LogP contribution is 2.39. The summed E-state index contributed by atoms with van der Waals surface area (Å²) >= 11 is 0. The van der Waals surface area contributed by atoms with Crippen molar-refractivity contribution >= 4 is 33.4 Å². The van der Waals surface area contributed by atoms with Crippen LogP contribution in [0.5, 0.6) is 17.2 Å². The van der Waals surface area contributed by atoms with Crippen molar-refractivity contribution in [2.45, 2.75) is 25.3 Å². The number of ether oxygens (including phenoxy) is 3. The van der Waals surface area contributed by atoms with Gasteiger partial charge in [-0.25, -0.2) is 4.98 Å². The molecule has 4 aromatic carbocycles. The SMILES string of the molecule is O=C1CC(c2nc3ccccc3n2CCCOc2ccc3ccccc3c2)CN1c1ccc2c(c1)OCO2. The first kappa shape index (κ1) is 22.7. The number of aryl methyl sites for hydroxylation is 1. The van der Waals surface area contributed by atoms with E-state index in [4.69, 9.17) is 19.2 Å². The summed E-state index contributed by atoms with van der Waals surface area (Å²) in [4.78, 5) is 19.9. The number of fused-ring (bicyclic) bond motifs is 3. The molecule has 1 amide bonds. The molecule has 190 valence electrons. The van der Waals surface area contributed by atoms with Crippen LogP contribution in [0.4, 0.5) is 5.69 Å². The molecule has 5 aromatic rings. The fourth-order valence-electron chi connectivity index (χ4n) is 5.49. The molecule has 0 radical (unpaired) electrons. The molecule has 0 N–H and O–H groups in total. The summed E-state index contributed by atoms with van der Waals surface area (Å²) in [6.07, 6.45) is 1.25. The number of carbonyl (C=O) groups is 1. The lowest BCUT2D eigenvalue weighted by Crippen LogP contribution is -2.24. The number of benzene rings is 4. The number of aromatic nitrogens is 2. The van der Waals surface area contributed by atoms with E-state index in [1.165, 1.54) is 10.8 Å². The van der Waals surface area contributed by atoms with Crippen LogP contribution in [0, 0.1) is 0 Å². The first-order valence-electron chi connectivity index (χ1n) is 13.0. The van der Waals surface area contributed by atoms with Crippen molar-refractivity contribution < 1.29 is 19.0 Å². The van der Waals surface area contributed by atoms with Crippen molar-refractivity contribution in [1.82, 2.24) is 9.55 Å². The van der Waals surface area contributed by atoms with Crippen LogP contribution in [-0.2, 0) is 11.3 Å². The van der Waals surface area contributed by atoms with Crippen LogP contribution in [0.3, 0.4) is 0 Å². The summed E-state index contributed by atoms with van der Waals surface area (Å²) in [7, 11) is 0. The number of amides is 1. The van der Waals surface area contributed by atoms with Gasteiger partial charge in [0.1, 0.15) is 11.6 Å². The number of imidazole rings is 1. The number of carbonyl (C=O) groups excluding carboxylic acids is 1. The Bertz CT molecular complexity index is 1660. The van der Waals surface area contributed by atoms with E-state index < -0.39 is 0 Å². The van der Waals surface area contributed by atoms with Gasteiger partial charge >= 0.3 is 0 Å². The summed E-state index contributed by atoms with van der Waals surface area (Å²) in [6, 6.07) is 28.3. The molecule has 0 spiro atoms. The highest BCUT2D eigenvalue weighted by molar-refractivity contribution is 5.97. The van der Waals surface area contributed by atoms with Gasteiger partial charge in [0.15, 0.2) is 11.5 Å². The monoisotopic (exact) mass is 505 g/mol. The third-order valence-corrected chi connectivity index (χ3v) is 7.36. The molecular formula is C31H27N3O4. The third kappa shape index (κ3) is 4.10. The normalized spacial score (nSPS) is 16.6. The van der Waals surface area contributed by atoms with Crippen molar-refractivity contribution in [3.63, 3.8) is 0 Å². The Morgan fingerprint density at radius 3 is 2.68 bits per heavy atom. The van der Waals surface area contributed by atoms with E-state index in [1.807, 2.05) is 59.5 Å². The van der Waals surface area contributed by atoms with Gasteiger partial charge in [-0.15, -0.1) is 0 Å². The van der Waals surface area contributed by atoms with E-state index in [2.05, 4.69) is 34.9 Å². The largest absolute Gasteiger partial charge is 0.494 e. The molecule has 7 nitrogen and oxygen atoms in total. The zero-order valence-electron chi connectivity index (χ0n) is 20.9. The fraction of sp³-hybridized carbons (Fsp3) is 0.226. The quantitative estimate of drug-likeness (QED) is 0.257. The zero-order valence-corrected chi connectivity index (χ0v) is 20.9. The molecule has 7 heteroatoms. The molecule has 1 unspecified atom stereocenters. The van der Waals surface area contributed by atoms with E-state index in [1.54, 1.807) is 0 Å².